The molecule has 2 aromatic carbocycles. The lowest BCUT2D eigenvalue weighted by Crippen LogP contribution is -2.42. The normalized spacial score (nSPS) is 15.1. The van der Waals surface area contributed by atoms with E-state index in [4.69, 9.17) is 0 Å². The minimum absolute atomic E-state index is 0.227. The zero-order valence-electron chi connectivity index (χ0n) is 22.6. The first-order valence-electron chi connectivity index (χ1n) is 12.8. The number of nitrogens with one attached hydrogen (secondary N) is 2. The van der Waals surface area contributed by atoms with Gasteiger partial charge in [-0.15, -0.1) is 0 Å². The number of sulfonamides is 1. The third kappa shape index (κ3) is 6.58. The van der Waals surface area contributed by atoms with E-state index < -0.39 is 10.0 Å². The van der Waals surface area contributed by atoms with E-state index in [2.05, 4.69) is 20.8 Å². The Morgan fingerprint density at radius 3 is 2.10 bits per heavy atom. The molecule has 0 radical (unpaired) electrons. The monoisotopic (exact) mass is 547 g/mol. The van der Waals surface area contributed by atoms with Gasteiger partial charge in [0.15, 0.2) is 0 Å². The topological polar surface area (TPSA) is 121 Å². The van der Waals surface area contributed by atoms with Gasteiger partial charge >= 0.3 is 0 Å². The number of aryl methyl sites for hydroxylation is 3. The molecule has 3 aromatic rings. The zero-order valence-corrected chi connectivity index (χ0v) is 23.4. The van der Waals surface area contributed by atoms with E-state index in [1.807, 2.05) is 45.0 Å². The highest BCUT2D eigenvalue weighted by atomic mass is 32.2. The first-order chi connectivity index (χ1) is 18.6. The molecule has 39 heavy (non-hydrogen) atoms. The predicted octanol–water partition coefficient (Wildman–Crippen LogP) is 4.20. The number of aromatic nitrogens is 1. The van der Waals surface area contributed by atoms with E-state index in [9.17, 15) is 18.0 Å². The Morgan fingerprint density at radius 2 is 1.51 bits per heavy atom. The third-order valence-corrected chi connectivity index (χ3v) is 9.07. The summed E-state index contributed by atoms with van der Waals surface area (Å²) in [6.45, 7) is 7.93. The molecule has 1 fully saturated rings. The van der Waals surface area contributed by atoms with Crippen LogP contribution in [-0.4, -0.2) is 48.3 Å². The zero-order chi connectivity index (χ0) is 28.2. The van der Waals surface area contributed by atoms with E-state index in [1.165, 1.54) is 4.31 Å². The molecule has 9 nitrogen and oxygen atoms in total. The van der Waals surface area contributed by atoms with Crippen LogP contribution >= 0.6 is 0 Å². The summed E-state index contributed by atoms with van der Waals surface area (Å²) in [5.74, 6) is -0.778. The van der Waals surface area contributed by atoms with Gasteiger partial charge in [0.05, 0.1) is 10.6 Å². The molecular weight excluding hydrogens is 514 g/mol. The third-order valence-electron chi connectivity index (χ3n) is 6.86. The number of hydrazone groups is 1. The summed E-state index contributed by atoms with van der Waals surface area (Å²) < 4.78 is 28.1. The summed E-state index contributed by atoms with van der Waals surface area (Å²) in [7, 11) is -3.63. The first kappa shape index (κ1) is 28.1. The SMILES string of the molecule is C/C(=N/NC(=O)C1CCN(S(=O)(=O)c2c(C)cc(C)cc2C)CC1)c1ccc(NC(=O)c2ccncc2)cc1. The lowest BCUT2D eigenvalue weighted by atomic mass is 9.98. The molecule has 0 spiro atoms. The van der Waals surface area contributed by atoms with Crippen LogP contribution in [0.2, 0.25) is 0 Å². The maximum absolute atomic E-state index is 13.3. The number of benzene rings is 2. The molecule has 4 rings (SSSR count). The second kappa shape index (κ2) is 11.9. The van der Waals surface area contributed by atoms with Gasteiger partial charge < -0.3 is 5.32 Å². The summed E-state index contributed by atoms with van der Waals surface area (Å²) in [5, 5.41) is 7.07. The highest BCUT2D eigenvalue weighted by Crippen LogP contribution is 2.29. The van der Waals surface area contributed by atoms with Gasteiger partial charge in [-0.3, -0.25) is 14.6 Å². The molecule has 204 valence electrons. The Labute approximate surface area is 229 Å². The number of piperidine rings is 1. The number of amides is 2. The second-order valence-electron chi connectivity index (χ2n) is 9.85. The van der Waals surface area contributed by atoms with E-state index in [1.54, 1.807) is 43.6 Å². The Hall–Kier alpha value is -3.89. The highest BCUT2D eigenvalue weighted by molar-refractivity contribution is 7.89. The molecule has 2 heterocycles. The maximum atomic E-state index is 13.3. The summed E-state index contributed by atoms with van der Waals surface area (Å²) in [5.41, 5.74) is 7.69. The molecule has 1 aromatic heterocycles. The lowest BCUT2D eigenvalue weighted by Gasteiger charge is -2.31. The smallest absolute Gasteiger partial charge is 0.255 e. The van der Waals surface area contributed by atoms with Crippen LogP contribution in [0, 0.1) is 26.7 Å². The van der Waals surface area contributed by atoms with Crippen LogP contribution in [0.4, 0.5) is 5.69 Å². The van der Waals surface area contributed by atoms with Gasteiger partial charge in [0.25, 0.3) is 5.91 Å². The molecule has 0 bridgehead atoms. The number of pyridine rings is 1. The molecule has 2 N–H and O–H groups in total. The molecule has 0 saturated carbocycles. The average molecular weight is 548 g/mol. The van der Waals surface area contributed by atoms with Crippen molar-refractivity contribution in [1.82, 2.24) is 14.7 Å². The predicted molar refractivity (Wildman–Crippen MR) is 151 cm³/mol. The molecule has 1 saturated heterocycles. The quantitative estimate of drug-likeness (QED) is 0.339. The van der Waals surface area contributed by atoms with Crippen LogP contribution in [0.1, 0.15) is 52.4 Å². The van der Waals surface area contributed by atoms with Crippen molar-refractivity contribution in [2.75, 3.05) is 18.4 Å². The minimum Gasteiger partial charge on any atom is -0.322 e. The second-order valence-corrected chi connectivity index (χ2v) is 11.7. The number of hydrogen-bond acceptors (Lipinski definition) is 6. The van der Waals surface area contributed by atoms with Crippen LogP contribution in [0.3, 0.4) is 0 Å². The fourth-order valence-electron chi connectivity index (χ4n) is 4.86. The molecule has 0 unspecified atom stereocenters. The van der Waals surface area contributed by atoms with Crippen LogP contribution in [0.15, 0.2) is 70.9 Å². The number of rotatable bonds is 7. The fraction of sp³-hybridized carbons (Fsp3) is 0.310. The van der Waals surface area contributed by atoms with Crippen molar-refractivity contribution in [1.29, 1.82) is 0 Å². The summed E-state index contributed by atoms with van der Waals surface area (Å²) in [4.78, 5) is 29.4. The number of anilines is 1. The number of hydrogen-bond donors (Lipinski definition) is 2. The van der Waals surface area contributed by atoms with Gasteiger partial charge in [0, 0.05) is 42.7 Å². The Morgan fingerprint density at radius 1 is 0.923 bits per heavy atom. The van der Waals surface area contributed by atoms with Gasteiger partial charge in [0.2, 0.25) is 15.9 Å². The Balaban J connectivity index is 1.32. The van der Waals surface area contributed by atoms with Gasteiger partial charge in [-0.2, -0.15) is 9.41 Å². The number of carbonyl (C=O) groups is 2. The van der Waals surface area contributed by atoms with Crippen molar-refractivity contribution in [3.05, 3.63) is 88.7 Å². The largest absolute Gasteiger partial charge is 0.322 e. The molecule has 10 heteroatoms. The first-order valence-corrected chi connectivity index (χ1v) is 14.2. The summed E-state index contributed by atoms with van der Waals surface area (Å²) >= 11 is 0. The molecule has 1 aliphatic rings. The molecule has 1 aliphatic heterocycles. The fourth-order valence-corrected chi connectivity index (χ4v) is 6.74. The number of nitrogens with zero attached hydrogens (tertiary/aromatic N) is 3. The van der Waals surface area contributed by atoms with E-state index in [0.29, 0.717) is 34.7 Å². The molecule has 2 amide bonds. The summed E-state index contributed by atoms with van der Waals surface area (Å²) in [6, 6.07) is 14.2. The van der Waals surface area contributed by atoms with Gasteiger partial charge in [-0.25, -0.2) is 13.8 Å². The average Bonchev–Trinajstić information content (AvgIpc) is 2.91. The maximum Gasteiger partial charge on any atom is 0.255 e. The van der Waals surface area contributed by atoms with Crippen LogP contribution in [-0.2, 0) is 14.8 Å². The van der Waals surface area contributed by atoms with E-state index in [0.717, 1.165) is 22.3 Å². The minimum atomic E-state index is -3.63. The van der Waals surface area contributed by atoms with Crippen molar-refractivity contribution in [3.8, 4) is 0 Å². The van der Waals surface area contributed by atoms with Gasteiger partial charge in [0.1, 0.15) is 0 Å². The molecule has 0 aliphatic carbocycles. The molecule has 0 atom stereocenters. The van der Waals surface area contributed by atoms with Crippen molar-refractivity contribution < 1.29 is 18.0 Å². The standard InChI is InChI=1S/C29H33N5O4S/c1-19-17-20(2)27(21(3)18-19)39(37,38)34-15-11-25(12-16-34)29(36)33-32-22(4)23-5-7-26(8-6-23)31-28(35)24-9-13-30-14-10-24/h5-10,13-14,17-18,25H,11-12,15-16H2,1-4H3,(H,31,35)(H,33,36)/b32-22-. The van der Waals surface area contributed by atoms with Gasteiger partial charge in [-0.1, -0.05) is 29.8 Å². The Bertz CT molecular complexity index is 1470. The van der Waals surface area contributed by atoms with Crippen LogP contribution < -0.4 is 10.7 Å². The number of carbonyl (C=O) groups excluding carboxylic acids is 2. The van der Waals surface area contributed by atoms with Gasteiger partial charge in [-0.05, 0) is 81.5 Å². The Kier molecular flexibility index (Phi) is 8.57. The van der Waals surface area contributed by atoms with Crippen molar-refractivity contribution in [3.63, 3.8) is 0 Å². The lowest BCUT2D eigenvalue weighted by molar-refractivity contribution is -0.126. The van der Waals surface area contributed by atoms with Crippen LogP contribution in [0.5, 0.6) is 0 Å². The highest BCUT2D eigenvalue weighted by Gasteiger charge is 2.33. The van der Waals surface area contributed by atoms with Crippen molar-refractivity contribution in [2.24, 2.45) is 11.0 Å². The van der Waals surface area contributed by atoms with E-state index in [-0.39, 0.29) is 30.8 Å². The molecular formula is C29H33N5O4S. The van der Waals surface area contributed by atoms with Crippen molar-refractivity contribution in [2.45, 2.75) is 45.4 Å². The van der Waals surface area contributed by atoms with Crippen molar-refractivity contribution >= 4 is 33.2 Å². The van der Waals surface area contributed by atoms with Crippen LogP contribution in [0.25, 0.3) is 0 Å². The summed E-state index contributed by atoms with van der Waals surface area (Å²) in [6.07, 6.45) is 3.97. The van der Waals surface area contributed by atoms with E-state index >= 15 is 0 Å².